The van der Waals surface area contributed by atoms with Gasteiger partial charge in [0.15, 0.2) is 0 Å². The van der Waals surface area contributed by atoms with Gasteiger partial charge in [-0.05, 0) is 37.1 Å². The zero-order valence-electron chi connectivity index (χ0n) is 15.5. The molecular formula is C18H24N4O3S2. The zero-order valence-corrected chi connectivity index (χ0v) is 17.1. The number of anilines is 1. The Hall–Kier alpha value is -1.84. The number of amides is 1. The molecular weight excluding hydrogens is 384 g/mol. The SMILES string of the molecule is CC(C)c1nnc(NC(=O)c2ccc(S(=O)(=O)N3CCCCCC3)cc2)s1. The fourth-order valence-electron chi connectivity index (χ4n) is 2.90. The molecule has 2 heterocycles. The van der Waals surface area contributed by atoms with Crippen LogP contribution in [0.4, 0.5) is 5.13 Å². The standard InChI is InChI=1S/C18H24N4O3S2/c1-13(2)17-20-21-18(26-17)19-16(23)14-7-9-15(10-8-14)27(24,25)22-11-5-3-4-6-12-22/h7-10,13H,3-6,11-12H2,1-2H3,(H,19,21,23). The fourth-order valence-corrected chi connectivity index (χ4v) is 5.15. The molecule has 1 aromatic heterocycles. The smallest absolute Gasteiger partial charge is 0.257 e. The van der Waals surface area contributed by atoms with E-state index in [0.717, 1.165) is 30.7 Å². The molecule has 1 fully saturated rings. The Balaban J connectivity index is 1.71. The molecule has 2 aromatic rings. The molecule has 0 bridgehead atoms. The summed E-state index contributed by atoms with van der Waals surface area (Å²) in [6, 6.07) is 6.05. The van der Waals surface area contributed by atoms with E-state index in [1.54, 1.807) is 4.31 Å². The molecule has 1 N–H and O–H groups in total. The lowest BCUT2D eigenvalue weighted by Crippen LogP contribution is -2.31. The van der Waals surface area contributed by atoms with Gasteiger partial charge < -0.3 is 0 Å². The topological polar surface area (TPSA) is 92.3 Å². The Bertz CT molecular complexity index is 884. The largest absolute Gasteiger partial charge is 0.296 e. The number of sulfonamides is 1. The third-order valence-corrected chi connectivity index (χ3v) is 7.53. The molecule has 1 aliphatic rings. The lowest BCUT2D eigenvalue weighted by atomic mass is 10.2. The van der Waals surface area contributed by atoms with E-state index in [1.807, 2.05) is 13.8 Å². The summed E-state index contributed by atoms with van der Waals surface area (Å²) in [6.45, 7) is 5.13. The number of nitrogens with one attached hydrogen (secondary N) is 1. The van der Waals surface area contributed by atoms with Gasteiger partial charge >= 0.3 is 0 Å². The van der Waals surface area contributed by atoms with Crippen molar-refractivity contribution in [2.75, 3.05) is 18.4 Å². The van der Waals surface area contributed by atoms with Crippen LogP contribution in [0.25, 0.3) is 0 Å². The van der Waals surface area contributed by atoms with Crippen molar-refractivity contribution in [2.45, 2.75) is 50.3 Å². The number of hydrogen-bond acceptors (Lipinski definition) is 6. The third-order valence-electron chi connectivity index (χ3n) is 4.47. The molecule has 1 saturated heterocycles. The van der Waals surface area contributed by atoms with Gasteiger partial charge in [-0.15, -0.1) is 10.2 Å². The Labute approximate surface area is 163 Å². The first-order valence-corrected chi connectivity index (χ1v) is 11.4. The molecule has 1 aliphatic heterocycles. The van der Waals surface area contributed by atoms with Crippen LogP contribution in [-0.2, 0) is 10.0 Å². The third kappa shape index (κ3) is 4.72. The molecule has 27 heavy (non-hydrogen) atoms. The van der Waals surface area contributed by atoms with Gasteiger partial charge in [0.05, 0.1) is 4.90 Å². The number of aromatic nitrogens is 2. The summed E-state index contributed by atoms with van der Waals surface area (Å²) in [6.07, 6.45) is 3.91. The van der Waals surface area contributed by atoms with Crippen molar-refractivity contribution in [2.24, 2.45) is 0 Å². The van der Waals surface area contributed by atoms with Gasteiger partial charge in [0.2, 0.25) is 15.2 Å². The van der Waals surface area contributed by atoms with Crippen LogP contribution in [-0.4, -0.2) is 41.9 Å². The van der Waals surface area contributed by atoms with E-state index in [4.69, 9.17) is 0 Å². The summed E-state index contributed by atoms with van der Waals surface area (Å²) in [4.78, 5) is 12.6. The molecule has 9 heteroatoms. The highest BCUT2D eigenvalue weighted by atomic mass is 32.2. The first kappa shape index (κ1) is 19.9. The Morgan fingerprint density at radius 2 is 1.70 bits per heavy atom. The first-order chi connectivity index (χ1) is 12.9. The van der Waals surface area contributed by atoms with Gasteiger partial charge in [0.1, 0.15) is 5.01 Å². The Morgan fingerprint density at radius 1 is 1.07 bits per heavy atom. The minimum Gasteiger partial charge on any atom is -0.296 e. The molecule has 0 unspecified atom stereocenters. The van der Waals surface area contributed by atoms with Crippen LogP contribution in [0.2, 0.25) is 0 Å². The number of nitrogens with zero attached hydrogens (tertiary/aromatic N) is 3. The second kappa shape index (κ2) is 8.45. The van der Waals surface area contributed by atoms with E-state index < -0.39 is 10.0 Å². The van der Waals surface area contributed by atoms with E-state index in [0.29, 0.717) is 23.8 Å². The predicted molar refractivity (Wildman–Crippen MR) is 106 cm³/mol. The van der Waals surface area contributed by atoms with Gasteiger partial charge in [-0.3, -0.25) is 10.1 Å². The minimum absolute atomic E-state index is 0.221. The number of rotatable bonds is 5. The highest BCUT2D eigenvalue weighted by molar-refractivity contribution is 7.89. The van der Waals surface area contributed by atoms with Crippen LogP contribution in [0, 0.1) is 0 Å². The summed E-state index contributed by atoms with van der Waals surface area (Å²) in [5.41, 5.74) is 0.381. The summed E-state index contributed by atoms with van der Waals surface area (Å²) in [7, 11) is -3.51. The fraction of sp³-hybridized carbons (Fsp3) is 0.500. The van der Waals surface area contributed by atoms with E-state index in [2.05, 4.69) is 15.5 Å². The molecule has 0 aliphatic carbocycles. The van der Waals surface area contributed by atoms with Gasteiger partial charge in [0, 0.05) is 24.6 Å². The number of hydrogen-bond donors (Lipinski definition) is 1. The van der Waals surface area contributed by atoms with Crippen LogP contribution in [0.5, 0.6) is 0 Å². The molecule has 0 radical (unpaired) electrons. The lowest BCUT2D eigenvalue weighted by molar-refractivity contribution is 0.102. The quantitative estimate of drug-likeness (QED) is 0.818. The number of carbonyl (C=O) groups excluding carboxylic acids is 1. The van der Waals surface area contributed by atoms with Gasteiger partial charge in [-0.1, -0.05) is 38.0 Å². The van der Waals surface area contributed by atoms with Gasteiger partial charge in [-0.2, -0.15) is 4.31 Å². The van der Waals surface area contributed by atoms with Crippen LogP contribution in [0.3, 0.4) is 0 Å². The molecule has 3 rings (SSSR count). The molecule has 0 atom stereocenters. The van der Waals surface area contributed by atoms with E-state index >= 15 is 0 Å². The number of benzene rings is 1. The Kier molecular flexibility index (Phi) is 6.23. The molecule has 0 saturated carbocycles. The van der Waals surface area contributed by atoms with Crippen molar-refractivity contribution in [3.8, 4) is 0 Å². The zero-order chi connectivity index (χ0) is 19.4. The molecule has 0 spiro atoms. The predicted octanol–water partition coefficient (Wildman–Crippen LogP) is 3.48. The highest BCUT2D eigenvalue weighted by Gasteiger charge is 2.25. The Morgan fingerprint density at radius 3 is 2.26 bits per heavy atom. The van der Waals surface area contributed by atoms with Crippen molar-refractivity contribution in [1.82, 2.24) is 14.5 Å². The molecule has 146 valence electrons. The summed E-state index contributed by atoms with van der Waals surface area (Å²) in [5, 5.41) is 12.0. The van der Waals surface area contributed by atoms with Gasteiger partial charge in [-0.25, -0.2) is 8.42 Å². The second-order valence-electron chi connectivity index (χ2n) is 6.90. The van der Waals surface area contributed by atoms with Crippen molar-refractivity contribution in [3.05, 3.63) is 34.8 Å². The second-order valence-corrected chi connectivity index (χ2v) is 9.84. The van der Waals surface area contributed by atoms with Crippen LogP contribution in [0.15, 0.2) is 29.2 Å². The van der Waals surface area contributed by atoms with E-state index in [1.165, 1.54) is 35.6 Å². The van der Waals surface area contributed by atoms with Crippen molar-refractivity contribution < 1.29 is 13.2 Å². The minimum atomic E-state index is -3.51. The summed E-state index contributed by atoms with van der Waals surface area (Å²) in [5.74, 6) is -0.0863. The maximum Gasteiger partial charge on any atom is 0.257 e. The van der Waals surface area contributed by atoms with Crippen molar-refractivity contribution in [1.29, 1.82) is 0 Å². The maximum absolute atomic E-state index is 12.8. The summed E-state index contributed by atoms with van der Waals surface area (Å²) >= 11 is 1.34. The number of carbonyl (C=O) groups is 1. The normalized spacial score (nSPS) is 16.3. The monoisotopic (exact) mass is 408 g/mol. The summed E-state index contributed by atoms with van der Waals surface area (Å²) < 4.78 is 27.1. The maximum atomic E-state index is 12.8. The van der Waals surface area contributed by atoms with Crippen molar-refractivity contribution in [3.63, 3.8) is 0 Å². The highest BCUT2D eigenvalue weighted by Crippen LogP contribution is 2.24. The van der Waals surface area contributed by atoms with Crippen LogP contribution in [0.1, 0.15) is 60.8 Å². The van der Waals surface area contributed by atoms with Gasteiger partial charge in [0.25, 0.3) is 5.91 Å². The van der Waals surface area contributed by atoms with Crippen LogP contribution >= 0.6 is 11.3 Å². The molecule has 1 aromatic carbocycles. The average molecular weight is 409 g/mol. The lowest BCUT2D eigenvalue weighted by Gasteiger charge is -2.20. The van der Waals surface area contributed by atoms with E-state index in [9.17, 15) is 13.2 Å². The van der Waals surface area contributed by atoms with Crippen molar-refractivity contribution >= 4 is 32.4 Å². The molecule has 1 amide bonds. The van der Waals surface area contributed by atoms with Crippen LogP contribution < -0.4 is 5.32 Å². The first-order valence-electron chi connectivity index (χ1n) is 9.13. The molecule has 7 nitrogen and oxygen atoms in total. The average Bonchev–Trinajstić information content (AvgIpc) is 2.94. The van der Waals surface area contributed by atoms with E-state index in [-0.39, 0.29) is 16.7 Å².